The third-order valence-electron chi connectivity index (χ3n) is 3.93. The lowest BCUT2D eigenvalue weighted by Gasteiger charge is -2.29. The van der Waals surface area contributed by atoms with E-state index in [4.69, 9.17) is 21.6 Å². The zero-order valence-electron chi connectivity index (χ0n) is 12.7. The van der Waals surface area contributed by atoms with Gasteiger partial charge in [0.15, 0.2) is 0 Å². The number of hydrogen-bond acceptors (Lipinski definition) is 6. The Labute approximate surface area is 148 Å². The minimum atomic E-state index is -0.166. The highest BCUT2D eigenvalue weighted by atomic mass is 35.5. The van der Waals surface area contributed by atoms with Crippen molar-refractivity contribution in [2.45, 2.75) is 37.8 Å². The Hall–Kier alpha value is -2.17. The van der Waals surface area contributed by atoms with Crippen LogP contribution < -0.4 is 10.1 Å². The molecule has 1 N–H and O–H groups in total. The van der Waals surface area contributed by atoms with Gasteiger partial charge in [-0.3, -0.25) is 4.79 Å². The number of nitriles is 1. The summed E-state index contributed by atoms with van der Waals surface area (Å²) in [5.74, 6) is 0.501. The van der Waals surface area contributed by atoms with Gasteiger partial charge in [-0.05, 0) is 37.8 Å². The summed E-state index contributed by atoms with van der Waals surface area (Å²) < 4.78 is 5.93. The van der Waals surface area contributed by atoms with Crippen LogP contribution in [0.5, 0.6) is 5.75 Å². The van der Waals surface area contributed by atoms with E-state index in [1.54, 1.807) is 23.7 Å². The molecule has 6 nitrogen and oxygen atoms in total. The monoisotopic (exact) mass is 362 g/mol. The number of ether oxygens (including phenoxy) is 1. The lowest BCUT2D eigenvalue weighted by molar-refractivity contribution is 0.0893. The Bertz CT molecular complexity index is 752. The number of halogens is 1. The predicted molar refractivity (Wildman–Crippen MR) is 90.2 cm³/mol. The summed E-state index contributed by atoms with van der Waals surface area (Å²) in [6.07, 6.45) is 3.47. The van der Waals surface area contributed by atoms with Gasteiger partial charge in [-0.25, -0.2) is 0 Å². The molecule has 2 aromatic rings. The van der Waals surface area contributed by atoms with Gasteiger partial charge in [-0.2, -0.15) is 5.26 Å². The van der Waals surface area contributed by atoms with Crippen LogP contribution in [0.15, 0.2) is 23.7 Å². The van der Waals surface area contributed by atoms with Crippen LogP contribution in [-0.2, 0) is 0 Å². The Morgan fingerprint density at radius 1 is 1.38 bits per heavy atom. The average Bonchev–Trinajstić information content (AvgIpc) is 3.11. The zero-order chi connectivity index (χ0) is 16.9. The van der Waals surface area contributed by atoms with Gasteiger partial charge in [0.1, 0.15) is 17.3 Å². The number of hydrogen-bond donors (Lipinski definition) is 1. The fraction of sp³-hybridized carbons (Fsp3) is 0.375. The van der Waals surface area contributed by atoms with Gasteiger partial charge in [0.2, 0.25) is 5.01 Å². The van der Waals surface area contributed by atoms with Crippen molar-refractivity contribution in [3.63, 3.8) is 0 Å². The summed E-state index contributed by atoms with van der Waals surface area (Å²) in [6, 6.07) is 7.24. The van der Waals surface area contributed by atoms with E-state index < -0.39 is 0 Å². The van der Waals surface area contributed by atoms with Gasteiger partial charge < -0.3 is 10.1 Å². The molecular weight excluding hydrogens is 348 g/mol. The quantitative estimate of drug-likeness (QED) is 0.902. The maximum atomic E-state index is 12.0. The molecule has 124 valence electrons. The molecule has 1 aromatic carbocycles. The van der Waals surface area contributed by atoms with Crippen LogP contribution in [0, 0.1) is 11.3 Å². The molecule has 1 heterocycles. The van der Waals surface area contributed by atoms with Crippen molar-refractivity contribution in [2.75, 3.05) is 0 Å². The fourth-order valence-corrected chi connectivity index (χ4v) is 3.36. The molecule has 1 fully saturated rings. The van der Waals surface area contributed by atoms with Crippen LogP contribution in [0.3, 0.4) is 0 Å². The van der Waals surface area contributed by atoms with Crippen LogP contribution in [0.2, 0.25) is 5.02 Å². The second-order valence-corrected chi connectivity index (χ2v) is 6.80. The van der Waals surface area contributed by atoms with Crippen LogP contribution in [0.1, 0.15) is 41.0 Å². The highest BCUT2D eigenvalue weighted by molar-refractivity contribution is 7.11. The molecule has 1 aliphatic rings. The lowest BCUT2D eigenvalue weighted by atomic mass is 9.93. The maximum Gasteiger partial charge on any atom is 0.282 e. The van der Waals surface area contributed by atoms with Crippen LogP contribution in [0.4, 0.5) is 0 Å². The van der Waals surface area contributed by atoms with Gasteiger partial charge in [0, 0.05) is 12.1 Å². The minimum Gasteiger partial charge on any atom is -0.490 e. The lowest BCUT2D eigenvalue weighted by Crippen LogP contribution is -2.39. The number of amides is 1. The third-order valence-corrected chi connectivity index (χ3v) is 4.93. The van der Waals surface area contributed by atoms with Gasteiger partial charge >= 0.3 is 0 Å². The van der Waals surface area contributed by atoms with E-state index in [9.17, 15) is 4.79 Å². The molecule has 0 aliphatic heterocycles. The predicted octanol–water partition coefficient (Wildman–Crippen LogP) is 3.18. The Kier molecular flexibility index (Phi) is 5.28. The number of rotatable bonds is 4. The smallest absolute Gasteiger partial charge is 0.282 e. The van der Waals surface area contributed by atoms with Gasteiger partial charge in [0.25, 0.3) is 5.91 Å². The molecule has 0 saturated heterocycles. The number of aromatic nitrogens is 2. The number of carbonyl (C=O) groups is 1. The molecule has 0 bridgehead atoms. The topological polar surface area (TPSA) is 87.9 Å². The fourth-order valence-electron chi connectivity index (χ4n) is 2.70. The summed E-state index contributed by atoms with van der Waals surface area (Å²) in [5.41, 5.74) is 1.98. The van der Waals surface area contributed by atoms with E-state index in [1.165, 1.54) is 11.3 Å². The molecule has 0 unspecified atom stereocenters. The highest BCUT2D eigenvalue weighted by Crippen LogP contribution is 2.27. The number of nitrogens with one attached hydrogen (secondary N) is 1. The second kappa shape index (κ2) is 7.60. The first-order valence-electron chi connectivity index (χ1n) is 7.59. The van der Waals surface area contributed by atoms with Gasteiger partial charge in [-0.1, -0.05) is 22.9 Å². The zero-order valence-corrected chi connectivity index (χ0v) is 14.3. The summed E-state index contributed by atoms with van der Waals surface area (Å²) in [4.78, 5) is 12.0. The van der Waals surface area contributed by atoms with Crippen LogP contribution >= 0.6 is 22.9 Å². The van der Waals surface area contributed by atoms with Crippen molar-refractivity contribution >= 4 is 28.8 Å². The summed E-state index contributed by atoms with van der Waals surface area (Å²) in [6.45, 7) is 0. The molecule has 1 amide bonds. The van der Waals surface area contributed by atoms with Crippen molar-refractivity contribution < 1.29 is 9.53 Å². The first-order chi connectivity index (χ1) is 11.7. The minimum absolute atomic E-state index is 0.0867. The SMILES string of the molecule is N#Cc1ccc(OC2CCC(NC(=O)c3nncs3)CC2)cc1Cl. The molecule has 0 radical (unpaired) electrons. The van der Waals surface area contributed by atoms with Crippen molar-refractivity contribution in [1.82, 2.24) is 15.5 Å². The molecule has 24 heavy (non-hydrogen) atoms. The van der Waals surface area contributed by atoms with Crippen molar-refractivity contribution in [3.8, 4) is 11.8 Å². The van der Waals surface area contributed by atoms with Crippen molar-refractivity contribution in [3.05, 3.63) is 39.3 Å². The normalized spacial score (nSPS) is 20.2. The standard InChI is InChI=1S/C16H15ClN4O2S/c17-14-7-13(4-1-10(14)8-18)23-12-5-2-11(3-6-12)20-15(22)16-21-19-9-24-16/h1,4,7,9,11-12H,2-3,5-6H2,(H,20,22). The van der Waals surface area contributed by atoms with Crippen molar-refractivity contribution in [1.29, 1.82) is 5.26 Å². The number of carbonyl (C=O) groups excluding carboxylic acids is 1. The van der Waals surface area contributed by atoms with E-state index in [1.807, 2.05) is 6.07 Å². The van der Waals surface area contributed by atoms with E-state index >= 15 is 0 Å². The summed E-state index contributed by atoms with van der Waals surface area (Å²) in [7, 11) is 0. The molecular formula is C16H15ClN4O2S. The second-order valence-electron chi connectivity index (χ2n) is 5.56. The van der Waals surface area contributed by atoms with Gasteiger partial charge in [0.05, 0.1) is 16.7 Å². The number of nitrogens with zero attached hydrogens (tertiary/aromatic N) is 3. The molecule has 1 aliphatic carbocycles. The largest absolute Gasteiger partial charge is 0.490 e. The molecule has 3 rings (SSSR count). The molecule has 1 saturated carbocycles. The van der Waals surface area contributed by atoms with E-state index in [0.717, 1.165) is 25.7 Å². The van der Waals surface area contributed by atoms with Crippen LogP contribution in [-0.4, -0.2) is 28.3 Å². The maximum absolute atomic E-state index is 12.0. The molecule has 0 atom stereocenters. The Balaban J connectivity index is 1.49. The Morgan fingerprint density at radius 3 is 2.79 bits per heavy atom. The van der Waals surface area contributed by atoms with E-state index in [-0.39, 0.29) is 18.1 Å². The van der Waals surface area contributed by atoms with E-state index in [0.29, 0.717) is 21.3 Å². The Morgan fingerprint density at radius 2 is 2.17 bits per heavy atom. The average molecular weight is 363 g/mol. The number of benzene rings is 1. The first-order valence-corrected chi connectivity index (χ1v) is 8.85. The molecule has 0 spiro atoms. The van der Waals surface area contributed by atoms with Gasteiger partial charge in [-0.15, -0.1) is 10.2 Å². The third kappa shape index (κ3) is 4.02. The first kappa shape index (κ1) is 16.7. The van der Waals surface area contributed by atoms with Crippen molar-refractivity contribution in [2.24, 2.45) is 0 Å². The molecule has 8 heteroatoms. The highest BCUT2D eigenvalue weighted by Gasteiger charge is 2.24. The molecule has 1 aromatic heterocycles. The summed E-state index contributed by atoms with van der Waals surface area (Å²) in [5, 5.41) is 20.1. The summed E-state index contributed by atoms with van der Waals surface area (Å²) >= 11 is 7.25. The van der Waals surface area contributed by atoms with Crippen LogP contribution in [0.25, 0.3) is 0 Å². The van der Waals surface area contributed by atoms with E-state index in [2.05, 4.69) is 15.5 Å².